The van der Waals surface area contributed by atoms with Gasteiger partial charge in [-0.2, -0.15) is 0 Å². The number of benzene rings is 3. The van der Waals surface area contributed by atoms with E-state index in [0.29, 0.717) is 0 Å². The smallest absolute Gasteiger partial charge is 0.136 e. The molecule has 0 aliphatic rings. The largest absolute Gasteiger partial charge is 0.517 e. The van der Waals surface area contributed by atoms with E-state index in [4.69, 9.17) is 4.98 Å². The summed E-state index contributed by atoms with van der Waals surface area (Å²) in [4.78, 5) is 9.39. The fraction of sp³-hybridized carbons (Fsp3) is 0. The number of aromatic nitrogens is 3. The number of rotatable bonds is 3. The monoisotopic (exact) mass is 607 g/mol. The molecular weight excluding hydrogens is 589 g/mol. The number of aromatic hydroxyl groups is 1. The number of phenolic OH excluding ortho intramolecular Hbond substituents is 1. The first kappa shape index (κ1) is 21.1. The van der Waals surface area contributed by atoms with Crippen LogP contribution in [0.1, 0.15) is 0 Å². The predicted octanol–water partition coefficient (Wildman–Crippen LogP) is 6.41. The van der Waals surface area contributed by atoms with E-state index in [1.54, 1.807) is 12.3 Å². The Balaban J connectivity index is 0.00000228. The Bertz CT molecular complexity index is 1590. The zero-order chi connectivity index (χ0) is 21.5. The third-order valence-corrected chi connectivity index (χ3v) is 5.67. The van der Waals surface area contributed by atoms with Crippen LogP contribution in [0.25, 0.3) is 50.1 Å². The Morgan fingerprint density at radius 3 is 2.33 bits per heavy atom. The molecule has 3 aromatic carbocycles. The van der Waals surface area contributed by atoms with Crippen molar-refractivity contribution in [2.45, 2.75) is 0 Å². The fourth-order valence-electron chi connectivity index (χ4n) is 4.19. The molecule has 0 radical (unpaired) electrons. The van der Waals surface area contributed by atoms with Gasteiger partial charge in [-0.3, -0.25) is 4.98 Å². The third kappa shape index (κ3) is 3.63. The maximum atomic E-state index is 10.4. The van der Waals surface area contributed by atoms with E-state index in [9.17, 15) is 5.11 Å². The van der Waals surface area contributed by atoms with Crippen molar-refractivity contribution in [3.05, 3.63) is 109 Å². The molecule has 0 bridgehead atoms. The van der Waals surface area contributed by atoms with Crippen molar-refractivity contribution in [1.82, 2.24) is 14.5 Å². The van der Waals surface area contributed by atoms with Crippen LogP contribution in [0.4, 0.5) is 0 Å². The molecule has 162 valence electrons. The van der Waals surface area contributed by atoms with Crippen molar-refractivity contribution in [2.24, 2.45) is 0 Å². The Labute approximate surface area is 205 Å². The van der Waals surface area contributed by atoms with Crippen molar-refractivity contribution < 1.29 is 26.2 Å². The van der Waals surface area contributed by atoms with Gasteiger partial charge >= 0.3 is 0 Å². The standard InChI is InChI=1S/C28H18N3O.Pt/c32-27-13-4-2-8-20(27)19-15-16-22-21-9-1-3-12-25(21)31(26(22)18-19)28-14-7-11-24(30-28)23-10-5-6-17-29-23;/h1-17,32H;/q-1;. The molecule has 0 fully saturated rings. The van der Waals surface area contributed by atoms with Crippen LogP contribution in [0.2, 0.25) is 0 Å². The van der Waals surface area contributed by atoms with Crippen molar-refractivity contribution in [3.63, 3.8) is 0 Å². The molecule has 0 amide bonds. The minimum absolute atomic E-state index is 0. The van der Waals surface area contributed by atoms with Gasteiger partial charge in [0.05, 0.1) is 17.1 Å². The van der Waals surface area contributed by atoms with Gasteiger partial charge in [0.1, 0.15) is 5.82 Å². The molecule has 0 atom stereocenters. The third-order valence-electron chi connectivity index (χ3n) is 5.67. The molecule has 6 aromatic rings. The SMILES string of the molecule is Oc1ccccc1-c1[c-]c2c(cc1)c1ccccc1n2-c1cccc(-c2ccccn2)n1.[Pt]. The molecule has 33 heavy (non-hydrogen) atoms. The Morgan fingerprint density at radius 1 is 0.697 bits per heavy atom. The quantitative estimate of drug-likeness (QED) is 0.237. The van der Waals surface area contributed by atoms with Crippen LogP contribution in [0, 0.1) is 6.07 Å². The number of fused-ring (bicyclic) bond motifs is 3. The Hall–Kier alpha value is -3.75. The number of pyridine rings is 2. The zero-order valence-electron chi connectivity index (χ0n) is 17.4. The predicted molar refractivity (Wildman–Crippen MR) is 128 cm³/mol. The first-order chi connectivity index (χ1) is 15.8. The fourth-order valence-corrected chi connectivity index (χ4v) is 4.19. The van der Waals surface area contributed by atoms with Gasteiger partial charge in [0.2, 0.25) is 0 Å². The molecule has 0 saturated carbocycles. The molecule has 5 heteroatoms. The average molecular weight is 608 g/mol. The molecule has 3 heterocycles. The van der Waals surface area contributed by atoms with Gasteiger partial charge in [-0.25, -0.2) is 4.98 Å². The van der Waals surface area contributed by atoms with Gasteiger partial charge in [-0.15, -0.1) is 23.8 Å². The number of para-hydroxylation sites is 2. The molecule has 0 saturated heterocycles. The molecule has 0 spiro atoms. The summed E-state index contributed by atoms with van der Waals surface area (Å²) in [5.41, 5.74) is 5.19. The van der Waals surface area contributed by atoms with Crippen LogP contribution >= 0.6 is 0 Å². The van der Waals surface area contributed by atoms with E-state index in [1.165, 1.54) is 0 Å². The van der Waals surface area contributed by atoms with E-state index >= 15 is 0 Å². The molecule has 0 aliphatic heterocycles. The van der Waals surface area contributed by atoms with Crippen molar-refractivity contribution in [3.8, 4) is 34.1 Å². The summed E-state index contributed by atoms with van der Waals surface area (Å²) >= 11 is 0. The first-order valence-electron chi connectivity index (χ1n) is 10.4. The summed E-state index contributed by atoms with van der Waals surface area (Å²) in [6, 6.07) is 35.1. The normalized spacial score (nSPS) is 10.9. The van der Waals surface area contributed by atoms with Gasteiger partial charge < -0.3 is 9.67 Å². The summed E-state index contributed by atoms with van der Waals surface area (Å²) in [6.45, 7) is 0. The number of nitrogens with zero attached hydrogens (tertiary/aromatic N) is 3. The van der Waals surface area contributed by atoms with Gasteiger partial charge in [-0.05, 0) is 47.3 Å². The Kier molecular flexibility index (Phi) is 5.53. The van der Waals surface area contributed by atoms with E-state index in [0.717, 1.165) is 50.1 Å². The number of phenols is 1. The summed E-state index contributed by atoms with van der Waals surface area (Å²) in [7, 11) is 0. The minimum Gasteiger partial charge on any atom is -0.517 e. The van der Waals surface area contributed by atoms with E-state index < -0.39 is 0 Å². The van der Waals surface area contributed by atoms with Crippen LogP contribution in [0.15, 0.2) is 103 Å². The van der Waals surface area contributed by atoms with Crippen molar-refractivity contribution in [1.29, 1.82) is 0 Å². The van der Waals surface area contributed by atoms with Crippen LogP contribution < -0.4 is 0 Å². The van der Waals surface area contributed by atoms with Gasteiger partial charge in [0, 0.05) is 32.8 Å². The van der Waals surface area contributed by atoms with Crippen molar-refractivity contribution in [2.75, 3.05) is 0 Å². The second-order valence-corrected chi connectivity index (χ2v) is 7.60. The number of hydrogen-bond donors (Lipinski definition) is 1. The van der Waals surface area contributed by atoms with E-state index in [1.807, 2.05) is 72.8 Å². The minimum atomic E-state index is 0. The van der Waals surface area contributed by atoms with Gasteiger partial charge in [0.15, 0.2) is 0 Å². The first-order valence-corrected chi connectivity index (χ1v) is 10.4. The number of hydrogen-bond acceptors (Lipinski definition) is 3. The van der Waals surface area contributed by atoms with Crippen LogP contribution in [0.3, 0.4) is 0 Å². The Morgan fingerprint density at radius 2 is 1.48 bits per heavy atom. The van der Waals surface area contributed by atoms with Gasteiger partial charge in [0.25, 0.3) is 0 Å². The second-order valence-electron chi connectivity index (χ2n) is 7.60. The topological polar surface area (TPSA) is 50.9 Å². The maximum Gasteiger partial charge on any atom is 0.136 e. The second kappa shape index (κ2) is 8.65. The van der Waals surface area contributed by atoms with Crippen LogP contribution in [-0.2, 0) is 21.1 Å². The maximum absolute atomic E-state index is 10.4. The summed E-state index contributed by atoms with van der Waals surface area (Å²) < 4.78 is 2.13. The zero-order valence-corrected chi connectivity index (χ0v) is 19.7. The average Bonchev–Trinajstić information content (AvgIpc) is 3.19. The molecular formula is C28H18N3OPt-. The van der Waals surface area contributed by atoms with Crippen molar-refractivity contribution >= 4 is 21.8 Å². The van der Waals surface area contributed by atoms with E-state index in [-0.39, 0.29) is 26.8 Å². The summed E-state index contributed by atoms with van der Waals surface area (Å²) in [5, 5.41) is 12.6. The molecule has 1 N–H and O–H groups in total. The summed E-state index contributed by atoms with van der Waals surface area (Å²) in [6.07, 6.45) is 1.77. The van der Waals surface area contributed by atoms with Gasteiger partial charge in [-0.1, -0.05) is 59.5 Å². The molecule has 0 aliphatic carbocycles. The van der Waals surface area contributed by atoms with E-state index in [2.05, 4.69) is 33.8 Å². The molecule has 3 aromatic heterocycles. The summed E-state index contributed by atoms with van der Waals surface area (Å²) in [5.74, 6) is 1.03. The van der Waals surface area contributed by atoms with Crippen LogP contribution in [-0.4, -0.2) is 19.6 Å². The van der Waals surface area contributed by atoms with Crippen LogP contribution in [0.5, 0.6) is 5.75 Å². The molecule has 0 unspecified atom stereocenters. The molecule has 4 nitrogen and oxygen atoms in total. The molecule has 6 rings (SSSR count).